The molecule has 0 aliphatic rings. The predicted molar refractivity (Wildman–Crippen MR) is 79.0 cm³/mol. The molecule has 0 spiro atoms. The van der Waals surface area contributed by atoms with Gasteiger partial charge in [0.1, 0.15) is 11.0 Å². The molecule has 1 heterocycles. The molecule has 0 amide bonds. The van der Waals surface area contributed by atoms with Gasteiger partial charge in [0.2, 0.25) is 0 Å². The fourth-order valence-electron chi connectivity index (χ4n) is 1.60. The minimum absolute atomic E-state index is 0.429. The third-order valence-electron chi connectivity index (χ3n) is 2.46. The molecule has 2 rings (SSSR count). The lowest BCUT2D eigenvalue weighted by Gasteiger charge is -2.06. The van der Waals surface area contributed by atoms with E-state index in [1.54, 1.807) is 6.07 Å². The van der Waals surface area contributed by atoms with Crippen LogP contribution in [0.2, 0.25) is 5.15 Å². The van der Waals surface area contributed by atoms with Gasteiger partial charge in [-0.15, -0.1) is 11.8 Å². The van der Waals surface area contributed by atoms with E-state index in [0.717, 1.165) is 24.3 Å². The molecule has 2 aromatic rings. The second-order valence-electron chi connectivity index (χ2n) is 3.87. The third-order valence-corrected chi connectivity index (χ3v) is 2.65. The molecule has 1 aromatic carbocycles. The largest absolute Gasteiger partial charge is 0.369 e. The minimum Gasteiger partial charge on any atom is -0.369 e. The summed E-state index contributed by atoms with van der Waals surface area (Å²) in [5.41, 5.74) is 0.946. The normalized spacial score (nSPS) is 9.58. The monoisotopic (exact) mass is 271 g/mol. The summed E-state index contributed by atoms with van der Waals surface area (Å²) < 4.78 is 0. The van der Waals surface area contributed by atoms with Crippen LogP contribution in [-0.4, -0.2) is 16.5 Å². The van der Waals surface area contributed by atoms with Crippen LogP contribution in [0, 0.1) is 11.8 Å². The van der Waals surface area contributed by atoms with Gasteiger partial charge < -0.3 is 5.32 Å². The van der Waals surface area contributed by atoms with Gasteiger partial charge in [-0.3, -0.25) is 0 Å². The highest BCUT2D eigenvalue weighted by Crippen LogP contribution is 2.19. The average Bonchev–Trinajstić information content (AvgIpc) is 2.44. The standard InChI is InChI=1S/C15H14ClN3/c1-2-3-7-10-17-14-11-13(16)18-15(19-14)12-8-5-4-6-9-12/h4-6,8-9,11H,7,10H2,1H3,(H,17,18,19). The molecule has 19 heavy (non-hydrogen) atoms. The highest BCUT2D eigenvalue weighted by atomic mass is 35.5. The number of halogens is 1. The van der Waals surface area contributed by atoms with Gasteiger partial charge >= 0.3 is 0 Å². The summed E-state index contributed by atoms with van der Waals surface area (Å²) in [6.07, 6.45) is 0.777. The Kier molecular flexibility index (Phi) is 4.77. The van der Waals surface area contributed by atoms with Gasteiger partial charge in [0, 0.05) is 24.6 Å². The molecular weight excluding hydrogens is 258 g/mol. The number of anilines is 1. The Morgan fingerprint density at radius 1 is 1.21 bits per heavy atom. The van der Waals surface area contributed by atoms with Crippen molar-refractivity contribution >= 4 is 17.4 Å². The van der Waals surface area contributed by atoms with Gasteiger partial charge in [-0.05, 0) is 6.92 Å². The van der Waals surface area contributed by atoms with E-state index in [0.29, 0.717) is 11.0 Å². The van der Waals surface area contributed by atoms with Gasteiger partial charge in [-0.1, -0.05) is 41.9 Å². The quantitative estimate of drug-likeness (QED) is 0.524. The van der Waals surface area contributed by atoms with Crippen molar-refractivity contribution in [3.63, 3.8) is 0 Å². The third kappa shape index (κ3) is 3.97. The fraction of sp³-hybridized carbons (Fsp3) is 0.200. The Balaban J connectivity index is 2.17. The van der Waals surface area contributed by atoms with Crippen molar-refractivity contribution in [1.29, 1.82) is 0 Å². The summed E-state index contributed by atoms with van der Waals surface area (Å²) in [4.78, 5) is 8.68. The molecule has 0 aliphatic heterocycles. The first kappa shape index (κ1) is 13.4. The van der Waals surface area contributed by atoms with Gasteiger partial charge in [-0.25, -0.2) is 9.97 Å². The molecule has 0 aliphatic carbocycles. The van der Waals surface area contributed by atoms with E-state index >= 15 is 0 Å². The zero-order valence-electron chi connectivity index (χ0n) is 10.7. The lowest BCUT2D eigenvalue weighted by Crippen LogP contribution is -2.04. The van der Waals surface area contributed by atoms with Crippen molar-refractivity contribution in [2.24, 2.45) is 0 Å². The Morgan fingerprint density at radius 2 is 2.00 bits per heavy atom. The van der Waals surface area contributed by atoms with Gasteiger partial charge in [0.25, 0.3) is 0 Å². The first-order valence-corrected chi connectivity index (χ1v) is 6.41. The van der Waals surface area contributed by atoms with E-state index in [1.807, 2.05) is 37.3 Å². The molecule has 4 heteroatoms. The summed E-state index contributed by atoms with van der Waals surface area (Å²) in [5.74, 6) is 7.19. The van der Waals surface area contributed by atoms with Crippen molar-refractivity contribution in [2.45, 2.75) is 13.3 Å². The number of rotatable bonds is 4. The topological polar surface area (TPSA) is 37.8 Å². The van der Waals surface area contributed by atoms with Gasteiger partial charge in [-0.2, -0.15) is 0 Å². The second-order valence-corrected chi connectivity index (χ2v) is 4.26. The minimum atomic E-state index is 0.429. The zero-order chi connectivity index (χ0) is 13.5. The van der Waals surface area contributed by atoms with Crippen molar-refractivity contribution in [3.8, 4) is 23.2 Å². The lowest BCUT2D eigenvalue weighted by molar-refractivity contribution is 1.06. The first-order chi connectivity index (χ1) is 9.29. The Hall–Kier alpha value is -2.05. The molecule has 0 saturated carbocycles. The fourth-order valence-corrected chi connectivity index (χ4v) is 1.79. The van der Waals surface area contributed by atoms with E-state index in [1.165, 1.54) is 0 Å². The number of hydrogen-bond donors (Lipinski definition) is 1. The van der Waals surface area contributed by atoms with Crippen LogP contribution >= 0.6 is 11.6 Å². The molecule has 1 aromatic heterocycles. The summed E-state index contributed by atoms with van der Waals surface area (Å²) in [5, 5.41) is 3.62. The summed E-state index contributed by atoms with van der Waals surface area (Å²) >= 11 is 6.02. The SMILES string of the molecule is CC#CCCNc1cc(Cl)nc(-c2ccccc2)n1. The van der Waals surface area contributed by atoms with Crippen LogP contribution in [0.15, 0.2) is 36.4 Å². The number of nitrogens with one attached hydrogen (secondary N) is 1. The Morgan fingerprint density at radius 3 is 2.74 bits per heavy atom. The highest BCUT2D eigenvalue weighted by Gasteiger charge is 2.04. The molecule has 0 unspecified atom stereocenters. The number of hydrogen-bond acceptors (Lipinski definition) is 3. The van der Waals surface area contributed by atoms with Crippen LogP contribution in [-0.2, 0) is 0 Å². The van der Waals surface area contributed by atoms with Crippen molar-refractivity contribution < 1.29 is 0 Å². The van der Waals surface area contributed by atoms with Crippen LogP contribution in [0.25, 0.3) is 11.4 Å². The molecule has 0 fully saturated rings. The molecule has 3 nitrogen and oxygen atoms in total. The average molecular weight is 272 g/mol. The maximum atomic E-state index is 6.02. The summed E-state index contributed by atoms with van der Waals surface area (Å²) in [6.45, 7) is 2.57. The van der Waals surface area contributed by atoms with Crippen LogP contribution in [0.4, 0.5) is 5.82 Å². The predicted octanol–water partition coefficient (Wildman–Crippen LogP) is 3.62. The molecule has 0 saturated heterocycles. The van der Waals surface area contributed by atoms with E-state index < -0.39 is 0 Å². The molecule has 1 N–H and O–H groups in total. The molecule has 0 radical (unpaired) electrons. The second kappa shape index (κ2) is 6.77. The number of aromatic nitrogens is 2. The molecule has 0 atom stereocenters. The molecular formula is C15H14ClN3. The van der Waals surface area contributed by atoms with E-state index in [4.69, 9.17) is 11.6 Å². The maximum absolute atomic E-state index is 6.02. The van der Waals surface area contributed by atoms with Crippen LogP contribution in [0.3, 0.4) is 0 Å². The van der Waals surface area contributed by atoms with Gasteiger partial charge in [0.05, 0.1) is 0 Å². The Bertz CT molecular complexity index is 600. The van der Waals surface area contributed by atoms with E-state index in [2.05, 4.69) is 27.1 Å². The Labute approximate surface area is 118 Å². The van der Waals surface area contributed by atoms with E-state index in [9.17, 15) is 0 Å². The smallest absolute Gasteiger partial charge is 0.163 e. The lowest BCUT2D eigenvalue weighted by atomic mass is 10.2. The summed E-state index contributed by atoms with van der Waals surface area (Å²) in [6, 6.07) is 11.5. The number of nitrogens with zero attached hydrogens (tertiary/aromatic N) is 2. The first-order valence-electron chi connectivity index (χ1n) is 6.03. The van der Waals surface area contributed by atoms with Gasteiger partial charge in [0.15, 0.2) is 5.82 Å². The van der Waals surface area contributed by atoms with Crippen LogP contribution < -0.4 is 5.32 Å². The number of benzene rings is 1. The molecule has 0 bridgehead atoms. The van der Waals surface area contributed by atoms with Crippen molar-refractivity contribution in [2.75, 3.05) is 11.9 Å². The van der Waals surface area contributed by atoms with Crippen molar-refractivity contribution in [1.82, 2.24) is 9.97 Å². The summed E-state index contributed by atoms with van der Waals surface area (Å²) in [7, 11) is 0. The highest BCUT2D eigenvalue weighted by molar-refractivity contribution is 6.29. The van der Waals surface area contributed by atoms with Crippen molar-refractivity contribution in [3.05, 3.63) is 41.6 Å². The molecule has 96 valence electrons. The van der Waals surface area contributed by atoms with Crippen LogP contribution in [0.5, 0.6) is 0 Å². The zero-order valence-corrected chi connectivity index (χ0v) is 11.4. The van der Waals surface area contributed by atoms with Crippen LogP contribution in [0.1, 0.15) is 13.3 Å². The maximum Gasteiger partial charge on any atom is 0.163 e. The van der Waals surface area contributed by atoms with E-state index in [-0.39, 0.29) is 0 Å².